The molecule has 1 aliphatic rings. The Hall–Kier alpha value is -2.60. The molecule has 6 nitrogen and oxygen atoms in total. The number of rotatable bonds is 3. The molecule has 0 spiro atoms. The molecule has 0 radical (unpaired) electrons. The van der Waals surface area contributed by atoms with Gasteiger partial charge in [-0.3, -0.25) is 10.1 Å². The first kappa shape index (κ1) is 14.3. The molecule has 0 aliphatic carbocycles. The lowest BCUT2D eigenvalue weighted by Gasteiger charge is -2.30. The summed E-state index contributed by atoms with van der Waals surface area (Å²) in [6.45, 7) is 2.11. The van der Waals surface area contributed by atoms with E-state index in [4.69, 9.17) is 15.2 Å². The van der Waals surface area contributed by atoms with E-state index < -0.39 is 17.1 Å². The third-order valence-electron chi connectivity index (χ3n) is 3.61. The fourth-order valence-electron chi connectivity index (χ4n) is 2.52. The highest BCUT2D eigenvalue weighted by atomic mass is 16.6. The minimum Gasteiger partial charge on any atom is -0.486 e. The van der Waals surface area contributed by atoms with Crippen molar-refractivity contribution in [1.29, 1.82) is 0 Å². The van der Waals surface area contributed by atoms with Crippen LogP contribution in [0.25, 0.3) is 0 Å². The second-order valence-electron chi connectivity index (χ2n) is 5.30. The summed E-state index contributed by atoms with van der Waals surface area (Å²) in [5.74, 6) is 1.32. The van der Waals surface area contributed by atoms with Crippen LogP contribution < -0.4 is 15.2 Å². The number of nitrogens with zero attached hydrogens (tertiary/aromatic N) is 1. The van der Waals surface area contributed by atoms with Crippen LogP contribution in [0.4, 0.5) is 5.69 Å². The lowest BCUT2D eigenvalue weighted by Crippen LogP contribution is -2.39. The van der Waals surface area contributed by atoms with Crippen LogP contribution in [0.3, 0.4) is 0 Å². The van der Waals surface area contributed by atoms with Crippen LogP contribution in [0.5, 0.6) is 11.5 Å². The van der Waals surface area contributed by atoms with Gasteiger partial charge in [-0.05, 0) is 30.2 Å². The van der Waals surface area contributed by atoms with Crippen molar-refractivity contribution in [2.24, 2.45) is 5.73 Å². The minimum atomic E-state index is -0.507. The molecule has 0 bridgehead atoms. The number of aryl methyl sites for hydroxylation is 1. The lowest BCUT2D eigenvalue weighted by atomic mass is 9.99. The van der Waals surface area contributed by atoms with Gasteiger partial charge >= 0.3 is 0 Å². The molecule has 2 atom stereocenters. The van der Waals surface area contributed by atoms with Crippen LogP contribution in [-0.2, 0) is 0 Å². The maximum absolute atomic E-state index is 11.0. The summed E-state index contributed by atoms with van der Waals surface area (Å²) in [4.78, 5) is 10.6. The van der Waals surface area contributed by atoms with Gasteiger partial charge in [0.2, 0.25) is 0 Å². The molecule has 0 aromatic heterocycles. The first-order valence-electron chi connectivity index (χ1n) is 6.94. The standard InChI is InChI=1S/C16H16N2O4/c1-10-6-11(8-12(7-10)18(19)20)16(17)15-9-21-13-4-2-3-5-14(13)22-15/h2-8,15-16H,9,17H2,1H3. The number of para-hydroxylation sites is 2. The van der Waals surface area contributed by atoms with E-state index in [0.29, 0.717) is 23.7 Å². The fraction of sp³-hybridized carbons (Fsp3) is 0.250. The SMILES string of the molecule is Cc1cc(C(N)C2COc3ccccc3O2)cc([N+](=O)[O-])c1. The Balaban J connectivity index is 1.86. The van der Waals surface area contributed by atoms with Crippen molar-refractivity contribution in [3.05, 3.63) is 63.7 Å². The molecule has 0 fully saturated rings. The van der Waals surface area contributed by atoms with Gasteiger partial charge in [0.15, 0.2) is 17.6 Å². The van der Waals surface area contributed by atoms with Gasteiger partial charge in [0.05, 0.1) is 11.0 Å². The van der Waals surface area contributed by atoms with E-state index >= 15 is 0 Å². The Bertz CT molecular complexity index is 717. The van der Waals surface area contributed by atoms with Crippen molar-refractivity contribution in [2.75, 3.05) is 6.61 Å². The molecule has 6 heteroatoms. The van der Waals surface area contributed by atoms with Gasteiger partial charge < -0.3 is 15.2 Å². The number of hydrogen-bond donors (Lipinski definition) is 1. The number of nitrogens with two attached hydrogens (primary N) is 1. The summed E-state index contributed by atoms with van der Waals surface area (Å²) < 4.78 is 11.5. The number of nitro benzene ring substituents is 1. The molecule has 0 amide bonds. The minimum absolute atomic E-state index is 0.0302. The number of benzene rings is 2. The zero-order chi connectivity index (χ0) is 15.7. The summed E-state index contributed by atoms with van der Waals surface area (Å²) in [7, 11) is 0. The molecule has 2 unspecified atom stereocenters. The highest BCUT2D eigenvalue weighted by molar-refractivity contribution is 5.43. The van der Waals surface area contributed by atoms with Gasteiger partial charge in [0.1, 0.15) is 6.61 Å². The first-order valence-corrected chi connectivity index (χ1v) is 6.94. The van der Waals surface area contributed by atoms with Gasteiger partial charge in [0.25, 0.3) is 5.69 Å². The van der Waals surface area contributed by atoms with E-state index in [1.165, 1.54) is 12.1 Å². The molecule has 0 saturated carbocycles. The van der Waals surface area contributed by atoms with E-state index in [2.05, 4.69) is 0 Å². The van der Waals surface area contributed by atoms with Crippen LogP contribution in [0.1, 0.15) is 17.2 Å². The Morgan fingerprint density at radius 1 is 1.27 bits per heavy atom. The lowest BCUT2D eigenvalue weighted by molar-refractivity contribution is -0.385. The van der Waals surface area contributed by atoms with Gasteiger partial charge in [-0.25, -0.2) is 0 Å². The van der Waals surface area contributed by atoms with Crippen molar-refractivity contribution >= 4 is 5.69 Å². The van der Waals surface area contributed by atoms with Gasteiger partial charge in [-0.1, -0.05) is 18.2 Å². The molecule has 2 aromatic carbocycles. The summed E-state index contributed by atoms with van der Waals surface area (Å²) in [5.41, 5.74) is 7.72. The molecular formula is C16H16N2O4. The summed E-state index contributed by atoms with van der Waals surface area (Å²) in [6.07, 6.45) is -0.392. The normalized spacial score (nSPS) is 17.8. The molecule has 2 N–H and O–H groups in total. The zero-order valence-electron chi connectivity index (χ0n) is 12.1. The summed E-state index contributed by atoms with van der Waals surface area (Å²) >= 11 is 0. The smallest absolute Gasteiger partial charge is 0.270 e. The molecule has 1 aliphatic heterocycles. The number of fused-ring (bicyclic) bond motifs is 1. The van der Waals surface area contributed by atoms with Crippen molar-refractivity contribution < 1.29 is 14.4 Å². The number of non-ortho nitro benzene ring substituents is 1. The van der Waals surface area contributed by atoms with Crippen LogP contribution in [-0.4, -0.2) is 17.6 Å². The Kier molecular flexibility index (Phi) is 3.68. The molecule has 2 aromatic rings. The maximum atomic E-state index is 11.0. The molecule has 1 heterocycles. The maximum Gasteiger partial charge on any atom is 0.270 e. The Morgan fingerprint density at radius 3 is 2.73 bits per heavy atom. The monoisotopic (exact) mass is 300 g/mol. The van der Waals surface area contributed by atoms with Crippen LogP contribution in [0.15, 0.2) is 42.5 Å². The topological polar surface area (TPSA) is 87.6 Å². The second-order valence-corrected chi connectivity index (χ2v) is 5.30. The quantitative estimate of drug-likeness (QED) is 0.695. The predicted molar refractivity (Wildman–Crippen MR) is 81.1 cm³/mol. The van der Waals surface area contributed by atoms with Crippen molar-refractivity contribution in [3.8, 4) is 11.5 Å². The molecule has 22 heavy (non-hydrogen) atoms. The van der Waals surface area contributed by atoms with Gasteiger partial charge in [-0.2, -0.15) is 0 Å². The average molecular weight is 300 g/mol. The van der Waals surface area contributed by atoms with Crippen LogP contribution in [0, 0.1) is 17.0 Å². The van der Waals surface area contributed by atoms with E-state index in [9.17, 15) is 10.1 Å². The summed E-state index contributed by atoms with van der Waals surface area (Å²) in [5, 5.41) is 11.0. The van der Waals surface area contributed by atoms with Crippen molar-refractivity contribution in [2.45, 2.75) is 19.1 Å². The molecule has 114 valence electrons. The fourth-order valence-corrected chi connectivity index (χ4v) is 2.52. The van der Waals surface area contributed by atoms with E-state index in [0.717, 1.165) is 5.56 Å². The summed E-state index contributed by atoms with van der Waals surface area (Å²) in [6, 6.07) is 11.7. The Morgan fingerprint density at radius 2 is 2.00 bits per heavy atom. The van der Waals surface area contributed by atoms with Crippen LogP contribution >= 0.6 is 0 Å². The van der Waals surface area contributed by atoms with Gasteiger partial charge in [0, 0.05) is 12.1 Å². The first-order chi connectivity index (χ1) is 10.5. The Labute approximate surface area is 127 Å². The van der Waals surface area contributed by atoms with Crippen molar-refractivity contribution in [3.63, 3.8) is 0 Å². The highest BCUT2D eigenvalue weighted by Gasteiger charge is 2.28. The second kappa shape index (κ2) is 5.65. The third kappa shape index (κ3) is 2.73. The molecule has 3 rings (SSSR count). The molecular weight excluding hydrogens is 284 g/mol. The van der Waals surface area contributed by atoms with E-state index in [1.807, 2.05) is 30.3 Å². The average Bonchev–Trinajstić information content (AvgIpc) is 2.53. The van der Waals surface area contributed by atoms with Gasteiger partial charge in [-0.15, -0.1) is 0 Å². The third-order valence-corrected chi connectivity index (χ3v) is 3.61. The van der Waals surface area contributed by atoms with E-state index in [-0.39, 0.29) is 5.69 Å². The zero-order valence-corrected chi connectivity index (χ0v) is 12.1. The number of hydrogen-bond acceptors (Lipinski definition) is 5. The predicted octanol–water partition coefficient (Wildman–Crippen LogP) is 2.74. The largest absolute Gasteiger partial charge is 0.486 e. The molecule has 0 saturated heterocycles. The van der Waals surface area contributed by atoms with Crippen LogP contribution in [0.2, 0.25) is 0 Å². The number of nitro groups is 1. The highest BCUT2D eigenvalue weighted by Crippen LogP contribution is 2.34. The number of ether oxygens (including phenoxy) is 2. The van der Waals surface area contributed by atoms with E-state index in [1.54, 1.807) is 6.92 Å². The van der Waals surface area contributed by atoms with Crippen molar-refractivity contribution in [1.82, 2.24) is 0 Å².